The largest absolute Gasteiger partial charge is 0.485 e. The van der Waals surface area contributed by atoms with Gasteiger partial charge in [0.2, 0.25) is 5.75 Å². The third-order valence-electron chi connectivity index (χ3n) is 7.01. The van der Waals surface area contributed by atoms with Gasteiger partial charge in [-0.3, -0.25) is 9.88 Å². The summed E-state index contributed by atoms with van der Waals surface area (Å²) >= 11 is 6.91. The van der Waals surface area contributed by atoms with E-state index in [4.69, 9.17) is 21.1 Å². The summed E-state index contributed by atoms with van der Waals surface area (Å²) in [6, 6.07) is 9.24. The first-order valence-corrected chi connectivity index (χ1v) is 12.8. The van der Waals surface area contributed by atoms with E-state index in [1.54, 1.807) is 25.0 Å². The molecule has 0 spiro atoms. The number of rotatable bonds is 8. The Morgan fingerprint density at radius 2 is 1.89 bits per heavy atom. The van der Waals surface area contributed by atoms with Crippen LogP contribution in [-0.4, -0.2) is 68.3 Å². The number of halogens is 1. The van der Waals surface area contributed by atoms with Crippen molar-refractivity contribution in [2.75, 3.05) is 33.4 Å². The molecule has 4 heterocycles. The van der Waals surface area contributed by atoms with Crippen molar-refractivity contribution in [2.45, 2.75) is 32.3 Å². The molecular formula is C27H31ClN6O3. The van der Waals surface area contributed by atoms with Gasteiger partial charge in [0.15, 0.2) is 5.60 Å². The Hall–Kier alpha value is -3.27. The quantitative estimate of drug-likeness (QED) is 0.373. The fraction of sp³-hybridized carbons (Fsp3) is 0.407. The summed E-state index contributed by atoms with van der Waals surface area (Å²) in [7, 11) is 3.30. The maximum atomic E-state index is 12.4. The topological polar surface area (TPSA) is 98.4 Å². The molecule has 194 valence electrons. The zero-order valence-corrected chi connectivity index (χ0v) is 22.3. The molecule has 0 amide bonds. The first kappa shape index (κ1) is 25.4. The van der Waals surface area contributed by atoms with E-state index in [2.05, 4.69) is 25.2 Å². The van der Waals surface area contributed by atoms with Crippen molar-refractivity contribution in [3.63, 3.8) is 0 Å². The number of pyridine rings is 2. The molecule has 1 aliphatic heterocycles. The zero-order valence-electron chi connectivity index (χ0n) is 21.5. The molecule has 1 aliphatic rings. The average molecular weight is 523 g/mol. The number of aromatic nitrogens is 5. The van der Waals surface area contributed by atoms with Crippen LogP contribution in [0.1, 0.15) is 41.1 Å². The lowest BCUT2D eigenvalue weighted by atomic mass is 9.82. The number of ether oxygens (including phenoxy) is 2. The minimum absolute atomic E-state index is 0.330. The van der Waals surface area contributed by atoms with Crippen molar-refractivity contribution < 1.29 is 14.6 Å². The van der Waals surface area contributed by atoms with Crippen LogP contribution in [0.2, 0.25) is 5.02 Å². The van der Waals surface area contributed by atoms with Crippen LogP contribution < -0.4 is 9.47 Å². The molecule has 0 bridgehead atoms. The maximum Gasteiger partial charge on any atom is 0.258 e. The molecule has 37 heavy (non-hydrogen) atoms. The molecule has 0 saturated carbocycles. The second kappa shape index (κ2) is 10.2. The number of nitrogens with zero attached hydrogens (tertiary/aromatic N) is 6. The number of aliphatic hydroxyl groups is 1. The summed E-state index contributed by atoms with van der Waals surface area (Å²) in [5.41, 5.74) is 2.31. The highest BCUT2D eigenvalue weighted by Gasteiger charge is 2.39. The number of fused-ring (bicyclic) bond motifs is 1. The van der Waals surface area contributed by atoms with Gasteiger partial charge >= 0.3 is 0 Å². The van der Waals surface area contributed by atoms with Crippen molar-refractivity contribution in [2.24, 2.45) is 7.05 Å². The number of hydrogen-bond donors (Lipinski definition) is 1. The highest BCUT2D eigenvalue weighted by Crippen LogP contribution is 2.43. The molecule has 0 aliphatic carbocycles. The fourth-order valence-corrected chi connectivity index (χ4v) is 5.37. The Morgan fingerprint density at radius 3 is 2.57 bits per heavy atom. The zero-order chi connectivity index (χ0) is 26.2. The number of hydrogen-bond acceptors (Lipinski definition) is 8. The summed E-state index contributed by atoms with van der Waals surface area (Å²) < 4.78 is 13.2. The van der Waals surface area contributed by atoms with Crippen LogP contribution in [0.4, 0.5) is 0 Å². The normalized spacial score (nSPS) is 15.7. The van der Waals surface area contributed by atoms with Crippen molar-refractivity contribution in [1.29, 1.82) is 0 Å². The first-order chi connectivity index (χ1) is 17.8. The number of benzene rings is 1. The van der Waals surface area contributed by atoms with Crippen molar-refractivity contribution >= 4 is 22.5 Å². The van der Waals surface area contributed by atoms with Gasteiger partial charge in [-0.25, -0.2) is 9.67 Å². The van der Waals surface area contributed by atoms with E-state index < -0.39 is 5.60 Å². The Bertz CT molecular complexity index is 1440. The lowest BCUT2D eigenvalue weighted by Gasteiger charge is -2.30. The second-order valence-corrected chi connectivity index (χ2v) is 9.81. The number of likely N-dealkylation sites (tertiary alicyclic amines) is 1. The van der Waals surface area contributed by atoms with Crippen LogP contribution in [0.25, 0.3) is 10.9 Å². The monoisotopic (exact) mass is 522 g/mol. The van der Waals surface area contributed by atoms with Crippen LogP contribution in [0, 0.1) is 13.8 Å². The van der Waals surface area contributed by atoms with E-state index in [0.29, 0.717) is 56.7 Å². The molecule has 1 atom stereocenters. The summed E-state index contributed by atoms with van der Waals surface area (Å²) in [4.78, 5) is 11.6. The van der Waals surface area contributed by atoms with Crippen LogP contribution in [-0.2, 0) is 12.6 Å². The predicted molar refractivity (Wildman–Crippen MR) is 141 cm³/mol. The van der Waals surface area contributed by atoms with Gasteiger partial charge < -0.3 is 14.6 Å². The average Bonchev–Trinajstić information content (AvgIpc) is 3.56. The number of aryl methyl sites for hydroxylation is 3. The smallest absolute Gasteiger partial charge is 0.258 e. The van der Waals surface area contributed by atoms with Crippen molar-refractivity contribution in [1.82, 2.24) is 29.9 Å². The minimum Gasteiger partial charge on any atom is -0.485 e. The van der Waals surface area contributed by atoms with E-state index in [1.807, 2.05) is 44.2 Å². The summed E-state index contributed by atoms with van der Waals surface area (Å²) in [6.07, 6.45) is 4.00. The molecule has 1 N–H and O–H groups in total. The predicted octanol–water partition coefficient (Wildman–Crippen LogP) is 3.80. The molecule has 9 nitrogen and oxygen atoms in total. The van der Waals surface area contributed by atoms with Crippen LogP contribution >= 0.6 is 11.6 Å². The Morgan fingerprint density at radius 1 is 1.11 bits per heavy atom. The molecule has 0 radical (unpaired) electrons. The van der Waals surface area contributed by atoms with E-state index >= 15 is 0 Å². The Labute approximate surface area is 221 Å². The van der Waals surface area contributed by atoms with Crippen LogP contribution in [0.3, 0.4) is 0 Å². The van der Waals surface area contributed by atoms with Crippen molar-refractivity contribution in [3.8, 4) is 11.6 Å². The lowest BCUT2D eigenvalue weighted by Crippen LogP contribution is -2.32. The molecule has 3 aromatic heterocycles. The minimum atomic E-state index is -1.59. The maximum absolute atomic E-state index is 12.4. The molecular weight excluding hydrogens is 492 g/mol. The van der Waals surface area contributed by atoms with Gasteiger partial charge in [0.1, 0.15) is 6.61 Å². The summed E-state index contributed by atoms with van der Waals surface area (Å²) in [5, 5.41) is 21.5. The standard InChI is InChI=1S/C27H31ClN6O3/c1-17-7-9-21(18(2)30-17)27(35,23-16-29-32-33(23)3)19-8-10-22-20(15-19)24(28)25(26(31-22)36-4)37-14-13-34-11-5-6-12-34/h7-10,15-16,35H,5-6,11-14H2,1-4H3. The lowest BCUT2D eigenvalue weighted by molar-refractivity contribution is 0.115. The third-order valence-corrected chi connectivity index (χ3v) is 7.39. The van der Waals surface area contributed by atoms with Crippen molar-refractivity contribution in [3.05, 3.63) is 69.8 Å². The Kier molecular flexibility index (Phi) is 7.02. The fourth-order valence-electron chi connectivity index (χ4n) is 5.08. The van der Waals surface area contributed by atoms with Crippen LogP contribution in [0.5, 0.6) is 11.6 Å². The third kappa shape index (κ3) is 4.63. The summed E-state index contributed by atoms with van der Waals surface area (Å²) in [5.74, 6) is 0.725. The van der Waals surface area contributed by atoms with Gasteiger partial charge in [-0.15, -0.1) is 5.10 Å². The van der Waals surface area contributed by atoms with Gasteiger partial charge in [-0.1, -0.05) is 28.9 Å². The van der Waals surface area contributed by atoms with E-state index in [9.17, 15) is 5.11 Å². The molecule has 1 fully saturated rings. The molecule has 1 unspecified atom stereocenters. The van der Waals surface area contributed by atoms with Gasteiger partial charge in [0.25, 0.3) is 5.88 Å². The first-order valence-electron chi connectivity index (χ1n) is 12.4. The SMILES string of the molecule is COc1nc2ccc(C(O)(c3ccc(C)nc3C)c3cnnn3C)cc2c(Cl)c1OCCN1CCCC1. The van der Waals surface area contributed by atoms with E-state index in [1.165, 1.54) is 12.8 Å². The van der Waals surface area contributed by atoms with Crippen LogP contribution in [0.15, 0.2) is 36.5 Å². The van der Waals surface area contributed by atoms with E-state index in [-0.39, 0.29) is 0 Å². The molecule has 4 aromatic rings. The van der Waals surface area contributed by atoms with Gasteiger partial charge in [-0.2, -0.15) is 0 Å². The molecule has 1 aromatic carbocycles. The summed E-state index contributed by atoms with van der Waals surface area (Å²) in [6.45, 7) is 7.25. The van der Waals surface area contributed by atoms with Gasteiger partial charge in [-0.05, 0) is 63.5 Å². The molecule has 10 heteroatoms. The van der Waals surface area contributed by atoms with Gasteiger partial charge in [0.05, 0.1) is 29.5 Å². The Balaban J connectivity index is 1.62. The molecule has 1 saturated heterocycles. The van der Waals surface area contributed by atoms with Gasteiger partial charge in [0, 0.05) is 35.9 Å². The number of methoxy groups -OCH3 is 1. The highest BCUT2D eigenvalue weighted by atomic mass is 35.5. The van der Waals surface area contributed by atoms with E-state index in [0.717, 1.165) is 25.3 Å². The second-order valence-electron chi connectivity index (χ2n) is 9.43. The molecule has 5 rings (SSSR count). The highest BCUT2D eigenvalue weighted by molar-refractivity contribution is 6.37.